The lowest BCUT2D eigenvalue weighted by Crippen LogP contribution is -2.42. The molecule has 4 rings (SSSR count). The number of carbonyl (C=O) groups is 1. The number of aryl methyl sites for hydroxylation is 1. The first-order chi connectivity index (χ1) is 13.6. The highest BCUT2D eigenvalue weighted by Crippen LogP contribution is 2.27. The number of anilines is 1. The van der Waals surface area contributed by atoms with E-state index in [1.165, 1.54) is 4.68 Å². The van der Waals surface area contributed by atoms with Crippen molar-refractivity contribution in [3.05, 3.63) is 77.0 Å². The fraction of sp³-hybridized carbons (Fsp3) is 0.286. The lowest BCUT2D eigenvalue weighted by atomic mass is 9.97. The predicted molar refractivity (Wildman–Crippen MR) is 108 cm³/mol. The Morgan fingerprint density at radius 3 is 2.46 bits per heavy atom. The number of piperidine rings is 1. The number of benzene rings is 2. The normalized spacial score (nSPS) is 16.8. The van der Waals surface area contributed by atoms with Gasteiger partial charge in [0.1, 0.15) is 5.82 Å². The standard InChI is InChI=1S/C21H23N5O2/c1-24-21(28)26(18-12-6-3-7-13-18)19(23-24)16-9-8-14-25(15-16)20(27)22-17-10-4-2-5-11-17/h2-7,10-13,16H,8-9,14-15H2,1H3,(H,22,27). The molecule has 3 aromatic rings. The molecule has 1 fully saturated rings. The van der Waals surface area contributed by atoms with Gasteiger partial charge in [-0.15, -0.1) is 0 Å². The van der Waals surface area contributed by atoms with Crippen molar-refractivity contribution in [3.8, 4) is 5.69 Å². The van der Waals surface area contributed by atoms with Gasteiger partial charge in [0, 0.05) is 31.7 Å². The number of amides is 2. The largest absolute Gasteiger partial charge is 0.350 e. The third-order valence-electron chi connectivity index (χ3n) is 5.06. The van der Waals surface area contributed by atoms with Crippen LogP contribution in [0.25, 0.3) is 5.69 Å². The van der Waals surface area contributed by atoms with E-state index in [2.05, 4.69) is 10.4 Å². The molecule has 1 aliphatic rings. The van der Waals surface area contributed by atoms with Crippen molar-refractivity contribution in [2.45, 2.75) is 18.8 Å². The molecule has 1 aliphatic heterocycles. The maximum atomic E-state index is 12.7. The van der Waals surface area contributed by atoms with Gasteiger partial charge in [-0.1, -0.05) is 36.4 Å². The minimum Gasteiger partial charge on any atom is -0.324 e. The monoisotopic (exact) mass is 377 g/mol. The van der Waals surface area contributed by atoms with Crippen molar-refractivity contribution in [2.24, 2.45) is 7.05 Å². The van der Waals surface area contributed by atoms with Crippen LogP contribution in [0.2, 0.25) is 0 Å². The molecular weight excluding hydrogens is 354 g/mol. The number of hydrogen-bond donors (Lipinski definition) is 1. The van der Waals surface area contributed by atoms with E-state index in [0.29, 0.717) is 18.9 Å². The fourth-order valence-corrected chi connectivity index (χ4v) is 3.66. The van der Waals surface area contributed by atoms with E-state index in [-0.39, 0.29) is 17.6 Å². The average Bonchev–Trinajstić information content (AvgIpc) is 3.04. The molecule has 7 heteroatoms. The summed E-state index contributed by atoms with van der Waals surface area (Å²) in [6.45, 7) is 1.22. The number of rotatable bonds is 3. The molecule has 0 spiro atoms. The lowest BCUT2D eigenvalue weighted by Gasteiger charge is -2.32. The minimum absolute atomic E-state index is 0.00406. The molecular formula is C21H23N5O2. The zero-order valence-corrected chi connectivity index (χ0v) is 15.8. The van der Waals surface area contributed by atoms with Crippen molar-refractivity contribution in [2.75, 3.05) is 18.4 Å². The minimum atomic E-state index is -0.174. The smallest absolute Gasteiger partial charge is 0.324 e. The van der Waals surface area contributed by atoms with Crippen LogP contribution in [0.1, 0.15) is 24.6 Å². The van der Waals surface area contributed by atoms with Crippen LogP contribution in [0.5, 0.6) is 0 Å². The van der Waals surface area contributed by atoms with Crippen LogP contribution in [0.4, 0.5) is 10.5 Å². The molecule has 1 unspecified atom stereocenters. The summed E-state index contributed by atoms with van der Waals surface area (Å²) in [6.07, 6.45) is 1.75. The zero-order chi connectivity index (χ0) is 19.5. The predicted octanol–water partition coefficient (Wildman–Crippen LogP) is 2.98. The maximum Gasteiger partial charge on any atom is 0.350 e. The molecule has 2 aromatic carbocycles. The Morgan fingerprint density at radius 1 is 1.07 bits per heavy atom. The molecule has 2 heterocycles. The Labute approximate surface area is 163 Å². The van der Waals surface area contributed by atoms with Gasteiger partial charge in [0.05, 0.1) is 5.69 Å². The molecule has 28 heavy (non-hydrogen) atoms. The van der Waals surface area contributed by atoms with E-state index < -0.39 is 0 Å². The van der Waals surface area contributed by atoms with Gasteiger partial charge in [0.25, 0.3) is 0 Å². The molecule has 0 bridgehead atoms. The van der Waals surface area contributed by atoms with E-state index in [0.717, 1.165) is 24.2 Å². The van der Waals surface area contributed by atoms with Gasteiger partial charge in [0.15, 0.2) is 0 Å². The molecule has 0 saturated carbocycles. The molecule has 1 aromatic heterocycles. The summed E-state index contributed by atoms with van der Waals surface area (Å²) in [4.78, 5) is 27.2. The first-order valence-electron chi connectivity index (χ1n) is 9.46. The molecule has 7 nitrogen and oxygen atoms in total. The third kappa shape index (κ3) is 3.55. The highest BCUT2D eigenvalue weighted by molar-refractivity contribution is 5.89. The first kappa shape index (κ1) is 18.0. The van der Waals surface area contributed by atoms with Gasteiger partial charge in [-0.05, 0) is 37.1 Å². The lowest BCUT2D eigenvalue weighted by molar-refractivity contribution is 0.191. The zero-order valence-electron chi connectivity index (χ0n) is 15.8. The van der Waals surface area contributed by atoms with E-state index in [1.807, 2.05) is 60.7 Å². The molecule has 1 atom stereocenters. The van der Waals surface area contributed by atoms with Crippen LogP contribution in [-0.2, 0) is 7.05 Å². The van der Waals surface area contributed by atoms with E-state index in [1.54, 1.807) is 16.5 Å². The van der Waals surface area contributed by atoms with Crippen molar-refractivity contribution in [1.82, 2.24) is 19.2 Å². The number of carbonyl (C=O) groups excluding carboxylic acids is 1. The summed E-state index contributed by atoms with van der Waals surface area (Å²) < 4.78 is 3.02. The van der Waals surface area contributed by atoms with Crippen LogP contribution in [-0.4, -0.2) is 38.4 Å². The summed E-state index contributed by atoms with van der Waals surface area (Å²) in [7, 11) is 1.66. The van der Waals surface area contributed by atoms with Crippen molar-refractivity contribution >= 4 is 11.7 Å². The Kier molecular flexibility index (Phi) is 4.97. The molecule has 0 radical (unpaired) electrons. The van der Waals surface area contributed by atoms with E-state index >= 15 is 0 Å². The van der Waals surface area contributed by atoms with Gasteiger partial charge < -0.3 is 10.2 Å². The average molecular weight is 377 g/mol. The summed E-state index contributed by atoms with van der Waals surface area (Å²) in [5, 5.41) is 7.44. The van der Waals surface area contributed by atoms with Crippen molar-refractivity contribution in [1.29, 1.82) is 0 Å². The van der Waals surface area contributed by atoms with Gasteiger partial charge in [-0.3, -0.25) is 0 Å². The SMILES string of the molecule is Cn1nc(C2CCCN(C(=O)Nc3ccccc3)C2)n(-c2ccccc2)c1=O. The third-order valence-corrected chi connectivity index (χ3v) is 5.06. The summed E-state index contributed by atoms with van der Waals surface area (Å²) in [5.41, 5.74) is 1.39. The molecule has 0 aliphatic carbocycles. The van der Waals surface area contributed by atoms with Crippen LogP contribution in [0.15, 0.2) is 65.5 Å². The van der Waals surface area contributed by atoms with Crippen LogP contribution < -0.4 is 11.0 Å². The highest BCUT2D eigenvalue weighted by atomic mass is 16.2. The fourth-order valence-electron chi connectivity index (χ4n) is 3.66. The second-order valence-electron chi connectivity index (χ2n) is 7.02. The van der Waals surface area contributed by atoms with E-state index in [9.17, 15) is 9.59 Å². The van der Waals surface area contributed by atoms with Gasteiger partial charge in [0.2, 0.25) is 0 Å². The maximum absolute atomic E-state index is 12.7. The molecule has 1 N–H and O–H groups in total. The van der Waals surface area contributed by atoms with Crippen molar-refractivity contribution in [3.63, 3.8) is 0 Å². The Hall–Kier alpha value is -3.35. The molecule has 144 valence electrons. The number of nitrogens with zero attached hydrogens (tertiary/aromatic N) is 4. The van der Waals surface area contributed by atoms with Gasteiger partial charge in [-0.25, -0.2) is 18.8 Å². The second kappa shape index (κ2) is 7.72. The van der Waals surface area contributed by atoms with Gasteiger partial charge >= 0.3 is 11.7 Å². The van der Waals surface area contributed by atoms with Crippen LogP contribution >= 0.6 is 0 Å². The summed E-state index contributed by atoms with van der Waals surface area (Å²) in [5.74, 6) is 0.709. The number of nitrogens with one attached hydrogen (secondary N) is 1. The number of aromatic nitrogens is 3. The van der Waals surface area contributed by atoms with E-state index in [4.69, 9.17) is 0 Å². The molecule has 1 saturated heterocycles. The second-order valence-corrected chi connectivity index (χ2v) is 7.02. The quantitative estimate of drug-likeness (QED) is 0.763. The highest BCUT2D eigenvalue weighted by Gasteiger charge is 2.29. The number of likely N-dealkylation sites (tertiary alicyclic amines) is 1. The first-order valence-corrected chi connectivity index (χ1v) is 9.46. The number of para-hydroxylation sites is 2. The summed E-state index contributed by atoms with van der Waals surface area (Å²) in [6, 6.07) is 18.8. The Bertz CT molecular complexity index is 1010. The topological polar surface area (TPSA) is 72.2 Å². The van der Waals surface area contributed by atoms with Gasteiger partial charge in [-0.2, -0.15) is 5.10 Å². The van der Waals surface area contributed by atoms with Crippen LogP contribution in [0, 0.1) is 0 Å². The van der Waals surface area contributed by atoms with Crippen LogP contribution in [0.3, 0.4) is 0 Å². The molecule has 2 amide bonds. The Balaban J connectivity index is 1.58. The Morgan fingerprint density at radius 2 is 1.75 bits per heavy atom. The number of urea groups is 1. The summed E-state index contributed by atoms with van der Waals surface area (Å²) >= 11 is 0. The van der Waals surface area contributed by atoms with Crippen molar-refractivity contribution < 1.29 is 4.79 Å². The number of hydrogen-bond acceptors (Lipinski definition) is 3.